The van der Waals surface area contributed by atoms with Crippen LogP contribution in [0.3, 0.4) is 0 Å². The largest absolute Gasteiger partial charge is 0.478 e. The van der Waals surface area contributed by atoms with Crippen molar-refractivity contribution < 1.29 is 9.90 Å². The Bertz CT molecular complexity index is 368. The Morgan fingerprint density at radius 3 is 2.69 bits per heavy atom. The van der Waals surface area contributed by atoms with Crippen LogP contribution < -0.4 is 5.73 Å². The van der Waals surface area contributed by atoms with Gasteiger partial charge in [-0.3, -0.25) is 0 Å². The van der Waals surface area contributed by atoms with Gasteiger partial charge in [-0.05, 0) is 11.6 Å². The zero-order valence-electron chi connectivity index (χ0n) is 6.77. The summed E-state index contributed by atoms with van der Waals surface area (Å²) in [7, 11) is 0. The summed E-state index contributed by atoms with van der Waals surface area (Å²) in [6.45, 7) is 0. The molecule has 0 unspecified atom stereocenters. The summed E-state index contributed by atoms with van der Waals surface area (Å²) in [5.74, 6) is -1.07. The van der Waals surface area contributed by atoms with Gasteiger partial charge < -0.3 is 10.8 Å². The fourth-order valence-electron chi connectivity index (χ4n) is 1.03. The fourth-order valence-corrected chi connectivity index (χ4v) is 1.03. The number of nitriles is 1. The lowest BCUT2D eigenvalue weighted by molar-refractivity contribution is 0.0695. The third kappa shape index (κ3) is 1.83. The van der Waals surface area contributed by atoms with Gasteiger partial charge in [-0.2, -0.15) is 5.26 Å². The molecule has 1 aromatic rings. The minimum absolute atomic E-state index is 0.0801. The van der Waals surface area contributed by atoms with Crippen LogP contribution in [0.4, 0.5) is 0 Å². The Morgan fingerprint density at radius 1 is 1.54 bits per heavy atom. The van der Waals surface area contributed by atoms with E-state index in [1.807, 2.05) is 0 Å². The monoisotopic (exact) mass is 176 g/mol. The van der Waals surface area contributed by atoms with E-state index in [0.29, 0.717) is 5.56 Å². The molecule has 1 atom stereocenters. The van der Waals surface area contributed by atoms with E-state index in [1.165, 1.54) is 12.1 Å². The fraction of sp³-hybridized carbons (Fsp3) is 0.111. The van der Waals surface area contributed by atoms with Crippen LogP contribution in [0.2, 0.25) is 0 Å². The maximum absolute atomic E-state index is 10.7. The highest BCUT2D eigenvalue weighted by atomic mass is 16.4. The number of carboxylic acids is 1. The van der Waals surface area contributed by atoms with Crippen molar-refractivity contribution in [2.75, 3.05) is 0 Å². The van der Waals surface area contributed by atoms with Crippen molar-refractivity contribution in [2.24, 2.45) is 5.73 Å². The molecular formula is C9H8N2O2. The Labute approximate surface area is 75.2 Å². The highest BCUT2D eigenvalue weighted by Crippen LogP contribution is 2.15. The van der Waals surface area contributed by atoms with Gasteiger partial charge in [0.15, 0.2) is 0 Å². The molecule has 0 aliphatic carbocycles. The Morgan fingerprint density at radius 2 is 2.15 bits per heavy atom. The first-order valence-electron chi connectivity index (χ1n) is 3.64. The molecule has 0 amide bonds. The van der Waals surface area contributed by atoms with Gasteiger partial charge in [-0.15, -0.1) is 0 Å². The van der Waals surface area contributed by atoms with E-state index in [-0.39, 0.29) is 5.56 Å². The summed E-state index contributed by atoms with van der Waals surface area (Å²) in [6, 6.07) is 7.12. The SMILES string of the molecule is N#C[C@@H](N)c1ccccc1C(=O)O. The highest BCUT2D eigenvalue weighted by molar-refractivity contribution is 5.89. The predicted molar refractivity (Wildman–Crippen MR) is 45.9 cm³/mol. The van der Waals surface area contributed by atoms with Crippen molar-refractivity contribution in [1.82, 2.24) is 0 Å². The van der Waals surface area contributed by atoms with Crippen LogP contribution in [0, 0.1) is 11.3 Å². The molecule has 3 N–H and O–H groups in total. The maximum Gasteiger partial charge on any atom is 0.336 e. The van der Waals surface area contributed by atoms with Gasteiger partial charge in [0.1, 0.15) is 6.04 Å². The Hall–Kier alpha value is -1.86. The van der Waals surface area contributed by atoms with Crippen molar-refractivity contribution in [3.8, 4) is 6.07 Å². The molecule has 0 aliphatic rings. The third-order valence-corrected chi connectivity index (χ3v) is 1.67. The van der Waals surface area contributed by atoms with Gasteiger partial charge >= 0.3 is 5.97 Å². The van der Waals surface area contributed by atoms with E-state index in [0.717, 1.165) is 0 Å². The van der Waals surface area contributed by atoms with Gasteiger partial charge in [-0.1, -0.05) is 18.2 Å². The summed E-state index contributed by atoms with van der Waals surface area (Å²) in [5.41, 5.74) is 5.83. The molecule has 1 aromatic carbocycles. The van der Waals surface area contributed by atoms with E-state index < -0.39 is 12.0 Å². The number of hydrogen-bond donors (Lipinski definition) is 2. The van der Waals surface area contributed by atoms with Crippen LogP contribution in [-0.4, -0.2) is 11.1 Å². The highest BCUT2D eigenvalue weighted by Gasteiger charge is 2.13. The molecule has 0 fully saturated rings. The zero-order chi connectivity index (χ0) is 9.84. The van der Waals surface area contributed by atoms with Gasteiger partial charge in [0, 0.05) is 0 Å². The molecule has 0 heterocycles. The lowest BCUT2D eigenvalue weighted by Crippen LogP contribution is -2.12. The lowest BCUT2D eigenvalue weighted by atomic mass is 10.0. The number of hydrogen-bond acceptors (Lipinski definition) is 3. The molecule has 0 saturated heterocycles. The Balaban J connectivity index is 3.21. The number of nitrogens with two attached hydrogens (primary N) is 1. The second kappa shape index (κ2) is 3.70. The van der Waals surface area contributed by atoms with E-state index in [2.05, 4.69) is 0 Å². The summed E-state index contributed by atoms with van der Waals surface area (Å²) in [6.07, 6.45) is 0. The third-order valence-electron chi connectivity index (χ3n) is 1.67. The molecule has 0 bridgehead atoms. The summed E-state index contributed by atoms with van der Waals surface area (Å²) in [4.78, 5) is 10.7. The summed E-state index contributed by atoms with van der Waals surface area (Å²) >= 11 is 0. The predicted octanol–water partition coefficient (Wildman–Crippen LogP) is 0.908. The van der Waals surface area contributed by atoms with Crippen LogP contribution in [0.15, 0.2) is 24.3 Å². The normalized spacial score (nSPS) is 11.7. The Kier molecular flexibility index (Phi) is 2.62. The van der Waals surface area contributed by atoms with E-state index in [1.54, 1.807) is 18.2 Å². The summed E-state index contributed by atoms with van der Waals surface area (Å²) < 4.78 is 0. The maximum atomic E-state index is 10.7. The first-order valence-corrected chi connectivity index (χ1v) is 3.64. The minimum Gasteiger partial charge on any atom is -0.478 e. The molecule has 13 heavy (non-hydrogen) atoms. The van der Waals surface area contributed by atoms with E-state index >= 15 is 0 Å². The number of aromatic carboxylic acids is 1. The van der Waals surface area contributed by atoms with Crippen LogP contribution in [0.5, 0.6) is 0 Å². The molecule has 0 aromatic heterocycles. The standard InChI is InChI=1S/C9H8N2O2/c10-5-8(11)6-3-1-2-4-7(6)9(12)13/h1-4,8H,11H2,(H,12,13)/t8-/m1/s1. The number of rotatable bonds is 2. The van der Waals surface area contributed by atoms with Gasteiger partial charge in [0.2, 0.25) is 0 Å². The molecule has 0 radical (unpaired) electrons. The second-order valence-corrected chi connectivity index (χ2v) is 2.50. The second-order valence-electron chi connectivity index (χ2n) is 2.50. The number of carboxylic acid groups (broad SMARTS) is 1. The van der Waals surface area contributed by atoms with Crippen LogP contribution >= 0.6 is 0 Å². The molecule has 0 saturated carbocycles. The van der Waals surface area contributed by atoms with Crippen molar-refractivity contribution in [1.29, 1.82) is 5.26 Å². The van der Waals surface area contributed by atoms with Crippen molar-refractivity contribution >= 4 is 5.97 Å². The molecule has 1 rings (SSSR count). The summed E-state index contributed by atoms with van der Waals surface area (Å²) in [5, 5.41) is 17.3. The van der Waals surface area contributed by atoms with E-state index in [9.17, 15) is 4.79 Å². The molecule has 66 valence electrons. The van der Waals surface area contributed by atoms with Crippen molar-refractivity contribution in [3.05, 3.63) is 35.4 Å². The van der Waals surface area contributed by atoms with Crippen molar-refractivity contribution in [2.45, 2.75) is 6.04 Å². The van der Waals surface area contributed by atoms with Crippen LogP contribution in [0.25, 0.3) is 0 Å². The number of benzene rings is 1. The molecular weight excluding hydrogens is 168 g/mol. The smallest absolute Gasteiger partial charge is 0.336 e. The van der Waals surface area contributed by atoms with Gasteiger partial charge in [-0.25, -0.2) is 4.79 Å². The zero-order valence-corrected chi connectivity index (χ0v) is 6.77. The number of nitrogens with zero attached hydrogens (tertiary/aromatic N) is 1. The first-order chi connectivity index (χ1) is 6.16. The number of carbonyl (C=O) groups is 1. The molecule has 0 spiro atoms. The molecule has 4 heteroatoms. The quantitative estimate of drug-likeness (QED) is 0.701. The topological polar surface area (TPSA) is 87.1 Å². The van der Waals surface area contributed by atoms with Gasteiger partial charge in [0.25, 0.3) is 0 Å². The van der Waals surface area contributed by atoms with E-state index in [4.69, 9.17) is 16.1 Å². The van der Waals surface area contributed by atoms with Crippen LogP contribution in [-0.2, 0) is 0 Å². The van der Waals surface area contributed by atoms with Gasteiger partial charge in [0.05, 0.1) is 11.6 Å². The van der Waals surface area contributed by atoms with Crippen molar-refractivity contribution in [3.63, 3.8) is 0 Å². The molecule has 4 nitrogen and oxygen atoms in total. The lowest BCUT2D eigenvalue weighted by Gasteiger charge is -2.06. The first kappa shape index (κ1) is 9.23. The average Bonchev–Trinajstić information content (AvgIpc) is 2.16. The average molecular weight is 176 g/mol. The van der Waals surface area contributed by atoms with Crippen LogP contribution in [0.1, 0.15) is 22.0 Å². The minimum atomic E-state index is -1.07. The molecule has 0 aliphatic heterocycles.